The Morgan fingerprint density at radius 3 is 2.83 bits per heavy atom. The van der Waals surface area contributed by atoms with Crippen LogP contribution in [-0.2, 0) is 4.79 Å². The molecule has 0 atom stereocenters. The van der Waals surface area contributed by atoms with Crippen molar-refractivity contribution >= 4 is 11.4 Å². The van der Waals surface area contributed by atoms with Crippen LogP contribution in [0.1, 0.15) is 52.0 Å². The molecule has 0 spiro atoms. The van der Waals surface area contributed by atoms with Crippen molar-refractivity contribution in [3.63, 3.8) is 0 Å². The van der Waals surface area contributed by atoms with Crippen LogP contribution >= 0.6 is 0 Å². The Morgan fingerprint density at radius 1 is 1.33 bits per heavy atom. The van der Waals surface area contributed by atoms with Gasteiger partial charge < -0.3 is 9.47 Å². The zero-order valence-corrected chi connectivity index (χ0v) is 15.2. The Kier molecular flexibility index (Phi) is 6.24. The van der Waals surface area contributed by atoms with E-state index in [1.807, 2.05) is 24.3 Å². The maximum absolute atomic E-state index is 12.1. The van der Waals surface area contributed by atoms with E-state index < -0.39 is 0 Å². The first-order valence-electron chi connectivity index (χ1n) is 8.70. The van der Waals surface area contributed by atoms with E-state index in [1.165, 1.54) is 0 Å². The highest BCUT2D eigenvalue weighted by Crippen LogP contribution is 2.37. The lowest BCUT2D eigenvalue weighted by atomic mass is 9.90. The van der Waals surface area contributed by atoms with Gasteiger partial charge in [-0.2, -0.15) is 0 Å². The van der Waals surface area contributed by atoms with E-state index >= 15 is 0 Å². The van der Waals surface area contributed by atoms with Crippen LogP contribution in [0.3, 0.4) is 0 Å². The maximum atomic E-state index is 12.1. The van der Waals surface area contributed by atoms with Crippen LogP contribution in [0.15, 0.2) is 36.4 Å². The standard InChI is InChI=1S/C21H28O3/c1-5-6-7-8-17(22)10-9-16-14-21(2,3)15-24-20-13-18(23-4)11-12-19(16)20/h9-14H,5-8,15H2,1-4H3/b10-9+. The smallest absolute Gasteiger partial charge is 0.155 e. The number of fused-ring (bicyclic) bond motifs is 1. The Labute approximate surface area is 145 Å². The number of carbonyl (C=O) groups is 1. The third kappa shape index (κ3) is 4.98. The molecule has 24 heavy (non-hydrogen) atoms. The molecule has 0 aromatic heterocycles. The molecule has 0 amide bonds. The van der Waals surface area contributed by atoms with Gasteiger partial charge in [0.05, 0.1) is 13.7 Å². The van der Waals surface area contributed by atoms with E-state index in [1.54, 1.807) is 13.2 Å². The molecule has 0 saturated heterocycles. The minimum atomic E-state index is -0.100. The van der Waals surface area contributed by atoms with Gasteiger partial charge >= 0.3 is 0 Å². The molecule has 0 N–H and O–H groups in total. The van der Waals surface area contributed by atoms with Crippen molar-refractivity contribution in [2.75, 3.05) is 13.7 Å². The quantitative estimate of drug-likeness (QED) is 0.509. The van der Waals surface area contributed by atoms with Gasteiger partial charge in [-0.05, 0) is 30.2 Å². The van der Waals surface area contributed by atoms with Crippen LogP contribution in [0.25, 0.3) is 5.57 Å². The van der Waals surface area contributed by atoms with Crippen LogP contribution in [0.2, 0.25) is 0 Å². The minimum absolute atomic E-state index is 0.100. The molecule has 1 aliphatic heterocycles. The summed E-state index contributed by atoms with van der Waals surface area (Å²) in [6, 6.07) is 5.82. The normalized spacial score (nSPS) is 16.1. The Morgan fingerprint density at radius 2 is 2.12 bits per heavy atom. The molecule has 0 bridgehead atoms. The van der Waals surface area contributed by atoms with Gasteiger partial charge in [0.15, 0.2) is 5.78 Å². The van der Waals surface area contributed by atoms with Gasteiger partial charge in [0.1, 0.15) is 11.5 Å². The van der Waals surface area contributed by atoms with Crippen molar-refractivity contribution < 1.29 is 14.3 Å². The molecule has 0 saturated carbocycles. The zero-order chi connectivity index (χ0) is 17.6. The first-order valence-corrected chi connectivity index (χ1v) is 8.70. The number of allylic oxidation sites excluding steroid dienone is 3. The molecule has 3 heteroatoms. The maximum Gasteiger partial charge on any atom is 0.155 e. The summed E-state index contributed by atoms with van der Waals surface area (Å²) >= 11 is 0. The summed E-state index contributed by atoms with van der Waals surface area (Å²) < 4.78 is 11.3. The van der Waals surface area contributed by atoms with Crippen molar-refractivity contribution in [2.24, 2.45) is 5.41 Å². The molecular formula is C21H28O3. The summed E-state index contributed by atoms with van der Waals surface area (Å²) in [7, 11) is 1.65. The summed E-state index contributed by atoms with van der Waals surface area (Å²) in [6.07, 6.45) is 9.62. The van der Waals surface area contributed by atoms with E-state index in [-0.39, 0.29) is 11.2 Å². The second kappa shape index (κ2) is 8.18. The molecule has 0 aliphatic carbocycles. The van der Waals surface area contributed by atoms with Crippen LogP contribution in [-0.4, -0.2) is 19.5 Å². The van der Waals surface area contributed by atoms with E-state index in [0.29, 0.717) is 13.0 Å². The number of unbranched alkanes of at least 4 members (excludes halogenated alkanes) is 2. The van der Waals surface area contributed by atoms with Crippen molar-refractivity contribution in [1.82, 2.24) is 0 Å². The Bertz CT molecular complexity index is 638. The van der Waals surface area contributed by atoms with Gasteiger partial charge in [0.2, 0.25) is 0 Å². The monoisotopic (exact) mass is 328 g/mol. The molecule has 0 radical (unpaired) electrons. The lowest BCUT2D eigenvalue weighted by molar-refractivity contribution is -0.114. The molecule has 1 heterocycles. The van der Waals surface area contributed by atoms with Crippen molar-refractivity contribution in [3.8, 4) is 11.5 Å². The first-order chi connectivity index (χ1) is 11.4. The number of hydrogen-bond acceptors (Lipinski definition) is 3. The SMILES string of the molecule is CCCCCC(=O)/C=C/C1=CC(C)(C)COc2cc(OC)ccc21. The Hall–Kier alpha value is -2.03. The van der Waals surface area contributed by atoms with Gasteiger partial charge in [0.25, 0.3) is 0 Å². The lowest BCUT2D eigenvalue weighted by Gasteiger charge is -2.18. The molecule has 3 nitrogen and oxygen atoms in total. The molecule has 1 aromatic rings. The molecule has 1 aromatic carbocycles. The van der Waals surface area contributed by atoms with Crippen LogP contribution in [0, 0.1) is 5.41 Å². The first kappa shape index (κ1) is 18.3. The number of ether oxygens (including phenoxy) is 2. The van der Waals surface area contributed by atoms with Gasteiger partial charge in [-0.1, -0.05) is 45.8 Å². The summed E-state index contributed by atoms with van der Waals surface area (Å²) in [4.78, 5) is 12.1. The Balaban J connectivity index is 2.25. The number of methoxy groups -OCH3 is 1. The molecular weight excluding hydrogens is 300 g/mol. The number of carbonyl (C=O) groups excluding carboxylic acids is 1. The molecule has 1 aliphatic rings. The largest absolute Gasteiger partial charge is 0.497 e. The predicted molar refractivity (Wildman–Crippen MR) is 98.5 cm³/mol. The molecule has 130 valence electrons. The van der Waals surface area contributed by atoms with Crippen molar-refractivity contribution in [1.29, 1.82) is 0 Å². The van der Waals surface area contributed by atoms with E-state index in [4.69, 9.17) is 9.47 Å². The number of benzene rings is 1. The summed E-state index contributed by atoms with van der Waals surface area (Å²) in [5.41, 5.74) is 1.93. The fourth-order valence-corrected chi connectivity index (χ4v) is 2.74. The molecule has 0 unspecified atom stereocenters. The summed E-state index contributed by atoms with van der Waals surface area (Å²) in [5.74, 6) is 1.75. The van der Waals surface area contributed by atoms with Crippen molar-refractivity contribution in [3.05, 3.63) is 42.0 Å². The summed E-state index contributed by atoms with van der Waals surface area (Å²) in [6.45, 7) is 7.00. The molecule has 0 fully saturated rings. The van der Waals surface area contributed by atoms with Crippen LogP contribution < -0.4 is 9.47 Å². The fourth-order valence-electron chi connectivity index (χ4n) is 2.74. The number of ketones is 1. The van der Waals surface area contributed by atoms with Gasteiger partial charge in [0, 0.05) is 23.5 Å². The highest BCUT2D eigenvalue weighted by Gasteiger charge is 2.23. The average molecular weight is 328 g/mol. The highest BCUT2D eigenvalue weighted by atomic mass is 16.5. The molecule has 2 rings (SSSR count). The second-order valence-electron chi connectivity index (χ2n) is 7.00. The minimum Gasteiger partial charge on any atom is -0.497 e. The van der Waals surface area contributed by atoms with E-state index in [9.17, 15) is 4.79 Å². The average Bonchev–Trinajstić information content (AvgIpc) is 2.69. The third-order valence-corrected chi connectivity index (χ3v) is 4.12. The fraction of sp³-hybridized carbons (Fsp3) is 0.476. The number of hydrogen-bond donors (Lipinski definition) is 0. The van der Waals surface area contributed by atoms with E-state index in [0.717, 1.165) is 41.9 Å². The highest BCUT2D eigenvalue weighted by molar-refractivity contribution is 5.93. The van der Waals surface area contributed by atoms with E-state index in [2.05, 4.69) is 26.8 Å². The topological polar surface area (TPSA) is 35.5 Å². The third-order valence-electron chi connectivity index (χ3n) is 4.12. The lowest BCUT2D eigenvalue weighted by Crippen LogP contribution is -2.17. The van der Waals surface area contributed by atoms with Crippen LogP contribution in [0.5, 0.6) is 11.5 Å². The summed E-state index contributed by atoms with van der Waals surface area (Å²) in [5, 5.41) is 0. The van der Waals surface area contributed by atoms with Gasteiger partial charge in [-0.25, -0.2) is 0 Å². The number of rotatable bonds is 7. The van der Waals surface area contributed by atoms with Gasteiger partial charge in [-0.3, -0.25) is 4.79 Å². The van der Waals surface area contributed by atoms with Crippen molar-refractivity contribution in [2.45, 2.75) is 46.5 Å². The predicted octanol–water partition coefficient (Wildman–Crippen LogP) is 5.20. The second-order valence-corrected chi connectivity index (χ2v) is 7.00. The van der Waals surface area contributed by atoms with Gasteiger partial charge in [-0.15, -0.1) is 0 Å². The van der Waals surface area contributed by atoms with Crippen LogP contribution in [0.4, 0.5) is 0 Å². The zero-order valence-electron chi connectivity index (χ0n) is 15.2.